The van der Waals surface area contributed by atoms with Crippen LogP contribution in [0.4, 0.5) is 0 Å². The summed E-state index contributed by atoms with van der Waals surface area (Å²) in [5, 5.41) is 150. The van der Waals surface area contributed by atoms with Crippen LogP contribution in [0.1, 0.15) is 358 Å². The summed E-state index contributed by atoms with van der Waals surface area (Å²) in [5.41, 5.74) is 5.11. The average molecular weight is 1670 g/mol. The van der Waals surface area contributed by atoms with E-state index in [0.717, 1.165) is 97.9 Å². The standard InChI is InChI=1S/C16H24O3.C16H26O2.C15H24O2.C14H22O3.C13H20O3.2C13H20O2.C2H4O/c1-6-14(17)9-11-7-12(15(2,3)18)10-13(8-11)16(4,5)19;1-11(2)7-12-8-13(15(3,4)17)10-14(9-12)16(5,6)18;1-6-7-11-8-12(14(2,3)16)10-13(9-11)15(4,5)17;1-9-7-12(17-6)11(14(4,5)16)8-10(9)13(2,3)15;1-12(2,15)10-5-9(8-14)6-11(7-10)13(3,4)16;2*1-9-6-10(12(2,3)14)8-11(7-9)13(4,5)15;1-2-3/h7-8,10,18-19H,6,9H2,1-5H3;8-11,17-18H,7H2,1-6H3;8-10,16-17H,6-7H2,1-5H3;7-8,15-16H,1-6H3;5-7,14-16H,8H2,1-4H3;2*6-8,14-15H,1-5H3;2H,1H3. The van der Waals surface area contributed by atoms with Gasteiger partial charge in [0.1, 0.15) is 17.8 Å². The Morgan fingerprint density at radius 2 is 0.542 bits per heavy atom. The Kier molecular flexibility index (Phi) is 41.6. The first-order chi connectivity index (χ1) is 53.5. The van der Waals surface area contributed by atoms with E-state index >= 15 is 0 Å². The first-order valence-electron chi connectivity index (χ1n) is 41.7. The highest BCUT2D eigenvalue weighted by molar-refractivity contribution is 5.80. The zero-order valence-corrected chi connectivity index (χ0v) is 80.4. The van der Waals surface area contributed by atoms with E-state index in [4.69, 9.17) is 14.6 Å². The van der Waals surface area contributed by atoms with E-state index < -0.39 is 78.4 Å². The number of ether oxygens (including phenoxy) is 1. The molecule has 0 saturated carbocycles. The summed E-state index contributed by atoms with van der Waals surface area (Å²) < 4.78 is 5.28. The zero-order chi connectivity index (χ0) is 94.7. The summed E-state index contributed by atoms with van der Waals surface area (Å²) in [6.07, 6.45) is 4.55. The fourth-order valence-electron chi connectivity index (χ4n) is 12.1. The molecular weight excluding hydrogens is 1510 g/mol. The summed E-state index contributed by atoms with van der Waals surface area (Å²) in [6.45, 7) is 64.0. The zero-order valence-electron chi connectivity index (χ0n) is 80.4. The number of aldehydes is 1. The molecule has 0 spiro atoms. The van der Waals surface area contributed by atoms with Gasteiger partial charge in [0.05, 0.1) is 92.1 Å². The molecule has 0 aliphatic rings. The summed E-state index contributed by atoms with van der Waals surface area (Å²) in [4.78, 5) is 20.4. The van der Waals surface area contributed by atoms with Crippen LogP contribution in [-0.2, 0) is 114 Å². The predicted molar refractivity (Wildman–Crippen MR) is 488 cm³/mol. The van der Waals surface area contributed by atoms with Gasteiger partial charge in [0.15, 0.2) is 0 Å². The highest BCUT2D eigenvalue weighted by Gasteiger charge is 2.31. The number of ketones is 1. The molecule has 15 N–H and O–H groups in total. The summed E-state index contributed by atoms with van der Waals surface area (Å²) in [6, 6.07) is 37.8. The normalized spacial score (nSPS) is 12.7. The van der Waals surface area contributed by atoms with Gasteiger partial charge in [-0.25, -0.2) is 0 Å². The average Bonchev–Trinajstić information content (AvgIpc) is 0.793. The Balaban J connectivity index is 0.00000137. The SMILES string of the molecule is CC(C)(O)c1cc(CO)cc(C(C)(C)O)c1.CC(C)Cc1cc(C(C)(C)O)cc(C(C)(C)O)c1.CC=O.CCC(=O)Cc1cc(C(C)(C)O)cc(C(C)(C)O)c1.CCCc1cc(C(C)(C)O)cc(C(C)(C)O)c1.COc1cc(C)c(C(C)(C)O)cc1C(C)(C)O.Cc1cc(C(C)(C)O)cc(C(C)(C)O)c1.Cc1cc(C(C)(C)O)cc(C(C)(C)O)c1. The van der Waals surface area contributed by atoms with Gasteiger partial charge < -0.3 is 86.1 Å². The van der Waals surface area contributed by atoms with Crippen LogP contribution < -0.4 is 4.74 Å². The maximum atomic E-state index is 11.6. The first-order valence-corrected chi connectivity index (χ1v) is 41.7. The molecule has 7 aromatic carbocycles. The Bertz CT molecular complexity index is 4080. The lowest BCUT2D eigenvalue weighted by molar-refractivity contribution is -0.118. The van der Waals surface area contributed by atoms with Crippen LogP contribution in [0.2, 0.25) is 0 Å². The molecule has 0 aliphatic carbocycles. The number of carbonyl (C=O) groups excluding carboxylic acids is 2. The number of aryl methyl sites for hydroxylation is 4. The van der Waals surface area contributed by atoms with Crippen molar-refractivity contribution >= 4 is 12.1 Å². The number of aliphatic hydroxyl groups excluding tert-OH is 1. The predicted octanol–water partition coefficient (Wildman–Crippen LogP) is 18.3. The summed E-state index contributed by atoms with van der Waals surface area (Å²) in [7, 11) is 1.58. The fraction of sp³-hybridized carbons (Fsp3) is 0.569. The summed E-state index contributed by atoms with van der Waals surface area (Å²) >= 11 is 0. The lowest BCUT2D eigenvalue weighted by atomic mass is 9.87. The third-order valence-electron chi connectivity index (χ3n) is 19.6. The molecule has 0 saturated heterocycles. The molecule has 0 aliphatic heterocycles. The molecule has 0 unspecified atom stereocenters. The van der Waals surface area contributed by atoms with Crippen LogP contribution in [0.25, 0.3) is 0 Å². The van der Waals surface area contributed by atoms with E-state index in [1.165, 1.54) is 18.1 Å². The second-order valence-corrected chi connectivity index (χ2v) is 39.9. The second-order valence-electron chi connectivity index (χ2n) is 39.9. The van der Waals surface area contributed by atoms with Gasteiger partial charge in [-0.05, 0) is 353 Å². The molecule has 0 radical (unpaired) electrons. The largest absolute Gasteiger partial charge is 0.496 e. The molecular formula is C102H160O18. The molecule has 18 heteroatoms. The van der Waals surface area contributed by atoms with Gasteiger partial charge in [0.25, 0.3) is 0 Å². The molecule has 120 heavy (non-hydrogen) atoms. The van der Waals surface area contributed by atoms with Crippen molar-refractivity contribution in [1.82, 2.24) is 0 Å². The number of benzene rings is 7. The number of aliphatic hydroxyl groups is 15. The molecule has 7 rings (SSSR count). The van der Waals surface area contributed by atoms with E-state index in [-0.39, 0.29) is 12.4 Å². The van der Waals surface area contributed by atoms with Gasteiger partial charge >= 0.3 is 0 Å². The van der Waals surface area contributed by atoms with Crippen LogP contribution in [0, 0.1) is 26.7 Å². The van der Waals surface area contributed by atoms with Crippen LogP contribution in [-0.4, -0.2) is 95.8 Å². The van der Waals surface area contributed by atoms with Crippen molar-refractivity contribution in [3.05, 3.63) is 238 Å². The summed E-state index contributed by atoms with van der Waals surface area (Å²) in [5.74, 6) is 1.34. The third-order valence-corrected chi connectivity index (χ3v) is 19.6. The third kappa shape index (κ3) is 40.6. The second kappa shape index (κ2) is 44.1. The topological polar surface area (TPSA) is 347 Å². The molecule has 0 amide bonds. The Morgan fingerprint density at radius 1 is 0.325 bits per heavy atom. The number of hydrogen-bond acceptors (Lipinski definition) is 18. The Labute approximate surface area is 722 Å². The van der Waals surface area contributed by atoms with Crippen LogP contribution in [0.5, 0.6) is 5.75 Å². The highest BCUT2D eigenvalue weighted by atomic mass is 16.5. The van der Waals surface area contributed by atoms with E-state index in [1.807, 2.05) is 125 Å². The molecule has 0 aromatic heterocycles. The minimum atomic E-state index is -1.00. The lowest BCUT2D eigenvalue weighted by Crippen LogP contribution is -2.22. The number of carbonyl (C=O) groups is 2. The van der Waals surface area contributed by atoms with Gasteiger partial charge in [-0.3, -0.25) is 4.79 Å². The van der Waals surface area contributed by atoms with Crippen molar-refractivity contribution in [2.75, 3.05) is 7.11 Å². The van der Waals surface area contributed by atoms with Crippen molar-refractivity contribution in [2.45, 2.75) is 366 Å². The fourth-order valence-corrected chi connectivity index (χ4v) is 12.1. The van der Waals surface area contributed by atoms with E-state index in [2.05, 4.69) is 20.8 Å². The Morgan fingerprint density at radius 3 is 0.733 bits per heavy atom. The highest BCUT2D eigenvalue weighted by Crippen LogP contribution is 2.38. The van der Waals surface area contributed by atoms with E-state index in [0.29, 0.717) is 57.9 Å². The van der Waals surface area contributed by atoms with Crippen molar-refractivity contribution in [3.8, 4) is 5.75 Å². The lowest BCUT2D eigenvalue weighted by Gasteiger charge is -2.27. The maximum Gasteiger partial charge on any atom is 0.136 e. The molecule has 18 nitrogen and oxygen atoms in total. The van der Waals surface area contributed by atoms with Gasteiger partial charge in [0.2, 0.25) is 0 Å². The number of Topliss-reactive ketones (excluding diaryl/α,β-unsaturated/α-hetero) is 1. The number of hydrogen-bond donors (Lipinski definition) is 15. The minimum absolute atomic E-state index is 0.104. The maximum absolute atomic E-state index is 11.6. The van der Waals surface area contributed by atoms with Crippen LogP contribution in [0.15, 0.2) is 121 Å². The van der Waals surface area contributed by atoms with Crippen LogP contribution >= 0.6 is 0 Å². The van der Waals surface area contributed by atoms with Crippen molar-refractivity contribution in [2.24, 2.45) is 5.92 Å². The van der Waals surface area contributed by atoms with E-state index in [9.17, 15) is 76.3 Å². The van der Waals surface area contributed by atoms with E-state index in [1.54, 1.807) is 225 Å². The quantitative estimate of drug-likeness (QED) is 0.0265. The Hall–Kier alpha value is -6.92. The molecule has 0 fully saturated rings. The molecule has 0 heterocycles. The minimum Gasteiger partial charge on any atom is -0.496 e. The number of methoxy groups -OCH3 is 1. The van der Waals surface area contributed by atoms with Gasteiger partial charge in [-0.2, -0.15) is 0 Å². The van der Waals surface area contributed by atoms with Gasteiger partial charge in [0, 0.05) is 18.4 Å². The van der Waals surface area contributed by atoms with Crippen molar-refractivity contribution < 1.29 is 90.9 Å². The monoisotopic (exact) mass is 1670 g/mol. The molecule has 0 bridgehead atoms. The van der Waals surface area contributed by atoms with Crippen molar-refractivity contribution in [1.29, 1.82) is 0 Å². The van der Waals surface area contributed by atoms with Gasteiger partial charge in [-0.15, -0.1) is 0 Å². The first kappa shape index (κ1) is 113. The van der Waals surface area contributed by atoms with Crippen molar-refractivity contribution in [3.63, 3.8) is 0 Å². The molecule has 676 valence electrons. The molecule has 0 atom stereocenters. The van der Waals surface area contributed by atoms with Gasteiger partial charge in [-0.1, -0.05) is 154 Å². The van der Waals surface area contributed by atoms with Crippen LogP contribution in [0.3, 0.4) is 0 Å². The molecule has 7 aromatic rings. The smallest absolute Gasteiger partial charge is 0.136 e. The number of rotatable bonds is 23.